The molecule has 1 heterocycles. The third kappa shape index (κ3) is 3.23. The van der Waals surface area contributed by atoms with E-state index in [9.17, 15) is 19.2 Å². The number of rotatable bonds is 6. The van der Waals surface area contributed by atoms with Crippen LogP contribution in [0.25, 0.3) is 0 Å². The highest BCUT2D eigenvalue weighted by molar-refractivity contribution is 6.22. The zero-order chi connectivity index (χ0) is 17.1. The summed E-state index contributed by atoms with van der Waals surface area (Å²) in [4.78, 5) is 48.5. The minimum Gasteiger partial charge on any atom is -0.480 e. The lowest BCUT2D eigenvalue weighted by Gasteiger charge is -2.12. The number of nitrogens with zero attached hydrogens (tertiary/aromatic N) is 1. The summed E-state index contributed by atoms with van der Waals surface area (Å²) in [6, 6.07) is 3.14. The number of amides is 3. The van der Waals surface area contributed by atoms with Gasteiger partial charge in [-0.15, -0.1) is 0 Å². The van der Waals surface area contributed by atoms with Crippen LogP contribution < -0.4 is 5.32 Å². The first kappa shape index (κ1) is 16.7. The number of carboxylic acids is 1. The predicted molar refractivity (Wildman–Crippen MR) is 81.3 cm³/mol. The molecule has 0 spiro atoms. The summed E-state index contributed by atoms with van der Waals surface area (Å²) in [5, 5.41) is 11.1. The average Bonchev–Trinajstić information content (AvgIpc) is 2.76. The van der Waals surface area contributed by atoms with Crippen molar-refractivity contribution in [3.63, 3.8) is 0 Å². The Morgan fingerprint density at radius 2 is 1.87 bits per heavy atom. The fourth-order valence-corrected chi connectivity index (χ4v) is 2.29. The maximum Gasteiger partial charge on any atom is 0.325 e. The van der Waals surface area contributed by atoms with Crippen LogP contribution in [-0.4, -0.2) is 46.3 Å². The van der Waals surface area contributed by atoms with Crippen LogP contribution in [0.2, 0.25) is 0 Å². The van der Waals surface area contributed by atoms with E-state index in [1.807, 2.05) is 6.92 Å². The quantitative estimate of drug-likeness (QED) is 0.769. The molecule has 23 heavy (non-hydrogen) atoms. The van der Waals surface area contributed by atoms with Gasteiger partial charge in [-0.2, -0.15) is 0 Å². The number of nitrogens with one attached hydrogen (secondary N) is 1. The number of carboxylic acid groups (broad SMARTS) is 1. The monoisotopic (exact) mass is 318 g/mol. The van der Waals surface area contributed by atoms with Crippen LogP contribution in [0.3, 0.4) is 0 Å². The van der Waals surface area contributed by atoms with Crippen LogP contribution in [0.5, 0.6) is 0 Å². The molecule has 1 aliphatic rings. The highest BCUT2D eigenvalue weighted by Crippen LogP contribution is 2.24. The van der Waals surface area contributed by atoms with Gasteiger partial charge in [-0.25, -0.2) is 0 Å². The van der Waals surface area contributed by atoms with Gasteiger partial charge in [0.25, 0.3) is 17.7 Å². The molecule has 0 saturated heterocycles. The lowest BCUT2D eigenvalue weighted by molar-refractivity contribution is -0.138. The van der Waals surface area contributed by atoms with Gasteiger partial charge in [-0.05, 0) is 31.5 Å². The second-order valence-electron chi connectivity index (χ2n) is 5.41. The Balaban J connectivity index is 2.23. The minimum absolute atomic E-state index is 0.148. The molecule has 0 fully saturated rings. The van der Waals surface area contributed by atoms with Crippen LogP contribution >= 0.6 is 0 Å². The number of benzene rings is 1. The highest BCUT2D eigenvalue weighted by atomic mass is 16.4. The standard InChI is InChI=1S/C16H18N2O5/c1-3-4-7-18-14(20)11-6-5-10(8-12(11)15(18)21)13(19)17-9(2)16(22)23/h5-6,8-9H,3-4,7H2,1-2H3,(H,17,19)(H,22,23)/t9-/m1/s1. The number of hydrogen-bond donors (Lipinski definition) is 2. The van der Waals surface area contributed by atoms with Gasteiger partial charge in [-0.3, -0.25) is 24.1 Å². The average molecular weight is 318 g/mol. The molecular weight excluding hydrogens is 300 g/mol. The van der Waals surface area contributed by atoms with Crippen LogP contribution in [0, 0.1) is 0 Å². The molecule has 3 amide bonds. The number of unbranched alkanes of at least 4 members (excludes halogenated alkanes) is 1. The van der Waals surface area contributed by atoms with Crippen molar-refractivity contribution in [2.45, 2.75) is 32.7 Å². The summed E-state index contributed by atoms with van der Waals surface area (Å²) in [7, 11) is 0. The van der Waals surface area contributed by atoms with Crippen molar-refractivity contribution in [3.05, 3.63) is 34.9 Å². The van der Waals surface area contributed by atoms with E-state index in [-0.39, 0.29) is 22.6 Å². The summed E-state index contributed by atoms with van der Waals surface area (Å²) in [5.41, 5.74) is 0.603. The van der Waals surface area contributed by atoms with E-state index >= 15 is 0 Å². The maximum absolute atomic E-state index is 12.3. The fraction of sp³-hybridized carbons (Fsp3) is 0.375. The van der Waals surface area contributed by atoms with Crippen molar-refractivity contribution in [2.75, 3.05) is 6.54 Å². The SMILES string of the molecule is CCCCN1C(=O)c2ccc(C(=O)N[C@H](C)C(=O)O)cc2C1=O. The summed E-state index contributed by atoms with van der Waals surface area (Å²) in [5.74, 6) is -2.53. The van der Waals surface area contributed by atoms with Crippen molar-refractivity contribution in [2.24, 2.45) is 0 Å². The summed E-state index contributed by atoms with van der Waals surface area (Å²) in [6.45, 7) is 3.65. The van der Waals surface area contributed by atoms with E-state index in [2.05, 4.69) is 5.32 Å². The van der Waals surface area contributed by atoms with Crippen molar-refractivity contribution in [1.82, 2.24) is 10.2 Å². The summed E-state index contributed by atoms with van der Waals surface area (Å²) in [6.07, 6.45) is 1.57. The van der Waals surface area contributed by atoms with E-state index in [4.69, 9.17) is 5.11 Å². The van der Waals surface area contributed by atoms with Crippen molar-refractivity contribution < 1.29 is 24.3 Å². The van der Waals surface area contributed by atoms with Crippen molar-refractivity contribution in [3.8, 4) is 0 Å². The molecule has 0 unspecified atom stereocenters. The van der Waals surface area contributed by atoms with Crippen LogP contribution in [0.15, 0.2) is 18.2 Å². The predicted octanol–water partition coefficient (Wildman–Crippen LogP) is 1.29. The van der Waals surface area contributed by atoms with Gasteiger partial charge < -0.3 is 10.4 Å². The molecule has 0 saturated carbocycles. The van der Waals surface area contributed by atoms with Crippen LogP contribution in [0.4, 0.5) is 0 Å². The second kappa shape index (κ2) is 6.60. The Hall–Kier alpha value is -2.70. The third-order valence-electron chi connectivity index (χ3n) is 3.69. The lowest BCUT2D eigenvalue weighted by atomic mass is 10.1. The van der Waals surface area contributed by atoms with Gasteiger partial charge in [0.1, 0.15) is 6.04 Å². The van der Waals surface area contributed by atoms with Gasteiger partial charge in [-0.1, -0.05) is 13.3 Å². The van der Waals surface area contributed by atoms with Gasteiger partial charge >= 0.3 is 5.97 Å². The summed E-state index contributed by atoms with van der Waals surface area (Å²) >= 11 is 0. The largest absolute Gasteiger partial charge is 0.480 e. The number of aliphatic carboxylic acids is 1. The molecule has 0 aromatic heterocycles. The number of carbonyl (C=O) groups is 4. The van der Waals surface area contributed by atoms with E-state index in [0.29, 0.717) is 6.54 Å². The van der Waals surface area contributed by atoms with Gasteiger partial charge in [0, 0.05) is 12.1 Å². The van der Waals surface area contributed by atoms with Gasteiger partial charge in [0.05, 0.1) is 11.1 Å². The lowest BCUT2D eigenvalue weighted by Crippen LogP contribution is -2.38. The zero-order valence-electron chi connectivity index (χ0n) is 13.0. The molecule has 7 nitrogen and oxygen atoms in total. The van der Waals surface area contributed by atoms with Gasteiger partial charge in [0.15, 0.2) is 0 Å². The molecule has 1 aliphatic heterocycles. The molecule has 2 rings (SSSR count). The number of fused-ring (bicyclic) bond motifs is 1. The molecule has 122 valence electrons. The number of carbonyl (C=O) groups excluding carboxylic acids is 3. The first-order chi connectivity index (χ1) is 10.9. The second-order valence-corrected chi connectivity index (χ2v) is 5.41. The Kier molecular flexibility index (Phi) is 4.78. The molecule has 1 atom stereocenters. The van der Waals surface area contributed by atoms with E-state index in [1.165, 1.54) is 30.0 Å². The maximum atomic E-state index is 12.3. The van der Waals surface area contributed by atoms with E-state index in [1.54, 1.807) is 0 Å². The molecule has 1 aromatic carbocycles. The van der Waals surface area contributed by atoms with E-state index in [0.717, 1.165) is 12.8 Å². The molecule has 1 aromatic rings. The Morgan fingerprint density at radius 1 is 1.22 bits per heavy atom. The molecule has 0 aliphatic carbocycles. The fourth-order valence-electron chi connectivity index (χ4n) is 2.29. The third-order valence-corrected chi connectivity index (χ3v) is 3.69. The van der Waals surface area contributed by atoms with Crippen molar-refractivity contribution in [1.29, 1.82) is 0 Å². The van der Waals surface area contributed by atoms with Crippen LogP contribution in [0.1, 0.15) is 57.8 Å². The van der Waals surface area contributed by atoms with Gasteiger partial charge in [0.2, 0.25) is 0 Å². The Bertz CT molecular complexity index is 683. The number of hydrogen-bond acceptors (Lipinski definition) is 4. The first-order valence-electron chi connectivity index (χ1n) is 7.40. The Labute approximate surface area is 133 Å². The smallest absolute Gasteiger partial charge is 0.325 e. The molecule has 0 bridgehead atoms. The van der Waals surface area contributed by atoms with Crippen molar-refractivity contribution >= 4 is 23.7 Å². The molecule has 2 N–H and O–H groups in total. The molecule has 0 radical (unpaired) electrons. The van der Waals surface area contributed by atoms with Crippen LogP contribution in [-0.2, 0) is 4.79 Å². The molecular formula is C16H18N2O5. The number of imide groups is 1. The van der Waals surface area contributed by atoms with E-state index < -0.39 is 23.8 Å². The normalized spacial score (nSPS) is 14.6. The highest BCUT2D eigenvalue weighted by Gasteiger charge is 2.35. The molecule has 7 heteroatoms. The first-order valence-corrected chi connectivity index (χ1v) is 7.40. The summed E-state index contributed by atoms with van der Waals surface area (Å²) < 4.78 is 0. The minimum atomic E-state index is -1.16. The Morgan fingerprint density at radius 3 is 2.48 bits per heavy atom. The topological polar surface area (TPSA) is 104 Å². The zero-order valence-corrected chi connectivity index (χ0v) is 13.0.